The van der Waals surface area contributed by atoms with Gasteiger partial charge in [0.1, 0.15) is 5.00 Å². The van der Waals surface area contributed by atoms with Gasteiger partial charge < -0.3 is 19.2 Å². The molecule has 1 unspecified atom stereocenters. The molecule has 0 bridgehead atoms. The quantitative estimate of drug-likeness (QED) is 0.645. The van der Waals surface area contributed by atoms with Gasteiger partial charge in [-0.05, 0) is 42.9 Å². The van der Waals surface area contributed by atoms with Crippen LogP contribution in [-0.4, -0.2) is 26.1 Å². The number of nitrogens with one attached hydrogen (secondary N) is 1. The standard InChI is InChI=1S/C21H21NO5S/c1-11-7-8-13-16(9-11)28-20(17(13)21(24)26-3)22-19(23)15-10-12-5-4-6-14(25-2)18(12)27-15/h4-6,10-11H,7-9H2,1-3H3,(H,22,23). The maximum Gasteiger partial charge on any atom is 0.341 e. The summed E-state index contributed by atoms with van der Waals surface area (Å²) in [4.78, 5) is 26.4. The van der Waals surface area contributed by atoms with E-state index in [4.69, 9.17) is 13.9 Å². The smallest absolute Gasteiger partial charge is 0.341 e. The minimum absolute atomic E-state index is 0.162. The number of carbonyl (C=O) groups is 2. The van der Waals surface area contributed by atoms with Crippen LogP contribution in [0.25, 0.3) is 11.0 Å². The molecule has 1 N–H and O–H groups in total. The van der Waals surface area contributed by atoms with E-state index in [0.717, 1.165) is 35.1 Å². The van der Waals surface area contributed by atoms with Gasteiger partial charge in [0.15, 0.2) is 17.1 Å². The average molecular weight is 399 g/mol. The number of fused-ring (bicyclic) bond motifs is 2. The third-order valence-electron chi connectivity index (χ3n) is 5.08. The lowest BCUT2D eigenvalue weighted by atomic mass is 9.88. The molecule has 28 heavy (non-hydrogen) atoms. The van der Waals surface area contributed by atoms with E-state index in [9.17, 15) is 9.59 Å². The molecule has 0 aliphatic heterocycles. The number of esters is 1. The van der Waals surface area contributed by atoms with Gasteiger partial charge in [0.25, 0.3) is 5.91 Å². The lowest BCUT2D eigenvalue weighted by Crippen LogP contribution is -2.15. The second-order valence-electron chi connectivity index (χ2n) is 6.99. The molecule has 2 aromatic heterocycles. The summed E-state index contributed by atoms with van der Waals surface area (Å²) in [5, 5.41) is 4.15. The highest BCUT2D eigenvalue weighted by Crippen LogP contribution is 2.40. The molecule has 0 saturated carbocycles. The molecule has 1 amide bonds. The largest absolute Gasteiger partial charge is 0.493 e. The molecule has 2 heterocycles. The van der Waals surface area contributed by atoms with Crippen LogP contribution in [-0.2, 0) is 17.6 Å². The fourth-order valence-corrected chi connectivity index (χ4v) is 5.02. The Morgan fingerprint density at radius 1 is 1.29 bits per heavy atom. The number of para-hydroxylation sites is 1. The Bertz CT molecular complexity index is 1060. The summed E-state index contributed by atoms with van der Waals surface area (Å²) < 4.78 is 16.0. The Morgan fingerprint density at radius 2 is 2.11 bits per heavy atom. The Morgan fingerprint density at radius 3 is 2.86 bits per heavy atom. The zero-order valence-electron chi connectivity index (χ0n) is 16.0. The van der Waals surface area contributed by atoms with Gasteiger partial charge in [-0.25, -0.2) is 4.79 Å². The van der Waals surface area contributed by atoms with Crippen molar-refractivity contribution in [2.24, 2.45) is 5.92 Å². The number of furan rings is 1. The van der Waals surface area contributed by atoms with Gasteiger partial charge in [-0.3, -0.25) is 4.79 Å². The summed E-state index contributed by atoms with van der Waals surface area (Å²) in [7, 11) is 2.91. The number of hydrogen-bond acceptors (Lipinski definition) is 6. The van der Waals surface area contributed by atoms with Crippen LogP contribution < -0.4 is 10.1 Å². The number of benzene rings is 1. The van der Waals surface area contributed by atoms with Crippen molar-refractivity contribution in [2.45, 2.75) is 26.2 Å². The first kappa shape index (κ1) is 18.6. The summed E-state index contributed by atoms with van der Waals surface area (Å²) in [5.41, 5.74) is 1.98. The van der Waals surface area contributed by atoms with Crippen molar-refractivity contribution in [2.75, 3.05) is 19.5 Å². The van der Waals surface area contributed by atoms with Gasteiger partial charge in [-0.2, -0.15) is 0 Å². The molecule has 4 rings (SSSR count). The van der Waals surface area contributed by atoms with E-state index in [0.29, 0.717) is 27.8 Å². The van der Waals surface area contributed by atoms with Gasteiger partial charge >= 0.3 is 5.97 Å². The number of carbonyl (C=O) groups excluding carboxylic acids is 2. The molecule has 0 spiro atoms. The van der Waals surface area contributed by atoms with Crippen LogP contribution >= 0.6 is 11.3 Å². The minimum Gasteiger partial charge on any atom is -0.493 e. The molecule has 1 aliphatic rings. The molecule has 0 radical (unpaired) electrons. The highest BCUT2D eigenvalue weighted by molar-refractivity contribution is 7.17. The molecule has 0 saturated heterocycles. The van der Waals surface area contributed by atoms with E-state index in [1.165, 1.54) is 18.4 Å². The number of amides is 1. The molecule has 3 aromatic rings. The third kappa shape index (κ3) is 3.16. The number of ether oxygens (including phenoxy) is 2. The van der Waals surface area contributed by atoms with E-state index in [1.807, 2.05) is 12.1 Å². The molecule has 7 heteroatoms. The van der Waals surface area contributed by atoms with Crippen molar-refractivity contribution < 1.29 is 23.5 Å². The third-order valence-corrected chi connectivity index (χ3v) is 6.25. The number of anilines is 1. The van der Waals surface area contributed by atoms with Gasteiger partial charge in [-0.15, -0.1) is 11.3 Å². The molecule has 6 nitrogen and oxygen atoms in total. The van der Waals surface area contributed by atoms with Crippen molar-refractivity contribution >= 4 is 39.2 Å². The molecule has 1 aliphatic carbocycles. The second kappa shape index (κ2) is 7.31. The van der Waals surface area contributed by atoms with E-state index in [1.54, 1.807) is 19.2 Å². The van der Waals surface area contributed by atoms with Crippen LogP contribution in [0.15, 0.2) is 28.7 Å². The van der Waals surface area contributed by atoms with Crippen LogP contribution in [0.2, 0.25) is 0 Å². The van der Waals surface area contributed by atoms with Crippen molar-refractivity contribution in [3.05, 3.63) is 46.0 Å². The van der Waals surface area contributed by atoms with E-state index >= 15 is 0 Å². The van der Waals surface area contributed by atoms with Crippen LogP contribution in [0.3, 0.4) is 0 Å². The van der Waals surface area contributed by atoms with Gasteiger partial charge in [-0.1, -0.05) is 19.1 Å². The Hall–Kier alpha value is -2.80. The first-order chi connectivity index (χ1) is 13.5. The van der Waals surface area contributed by atoms with Crippen molar-refractivity contribution in [1.29, 1.82) is 0 Å². The molecular weight excluding hydrogens is 378 g/mol. The van der Waals surface area contributed by atoms with Gasteiger partial charge in [0, 0.05) is 10.3 Å². The zero-order valence-corrected chi connectivity index (χ0v) is 16.8. The average Bonchev–Trinajstić information content (AvgIpc) is 3.27. The highest BCUT2D eigenvalue weighted by atomic mass is 32.1. The van der Waals surface area contributed by atoms with Gasteiger partial charge in [0.2, 0.25) is 0 Å². The minimum atomic E-state index is -0.423. The Labute approximate surface area is 166 Å². The van der Waals surface area contributed by atoms with Crippen LogP contribution in [0.5, 0.6) is 5.75 Å². The number of rotatable bonds is 4. The molecule has 1 aromatic carbocycles. The van der Waals surface area contributed by atoms with Crippen LogP contribution in [0.4, 0.5) is 5.00 Å². The van der Waals surface area contributed by atoms with Crippen LogP contribution in [0.1, 0.15) is 44.7 Å². The highest BCUT2D eigenvalue weighted by Gasteiger charge is 2.29. The van der Waals surface area contributed by atoms with E-state index in [2.05, 4.69) is 12.2 Å². The lowest BCUT2D eigenvalue weighted by Gasteiger charge is -2.18. The Kier molecular flexibility index (Phi) is 4.85. The molecule has 0 fully saturated rings. The fourth-order valence-electron chi connectivity index (χ4n) is 3.63. The predicted octanol–water partition coefficient (Wildman–Crippen LogP) is 4.67. The summed E-state index contributed by atoms with van der Waals surface area (Å²) in [6.45, 7) is 2.19. The van der Waals surface area contributed by atoms with Gasteiger partial charge in [0.05, 0.1) is 19.8 Å². The summed E-state index contributed by atoms with van der Waals surface area (Å²) >= 11 is 1.45. The monoisotopic (exact) mass is 399 g/mol. The predicted molar refractivity (Wildman–Crippen MR) is 108 cm³/mol. The number of methoxy groups -OCH3 is 2. The van der Waals surface area contributed by atoms with Crippen LogP contribution in [0, 0.1) is 5.92 Å². The lowest BCUT2D eigenvalue weighted by molar-refractivity contribution is 0.0601. The van der Waals surface area contributed by atoms with Crippen molar-refractivity contribution in [3.8, 4) is 5.75 Å². The maximum atomic E-state index is 12.8. The first-order valence-corrected chi connectivity index (χ1v) is 9.94. The maximum absolute atomic E-state index is 12.8. The normalized spacial score (nSPS) is 15.9. The van der Waals surface area contributed by atoms with E-state index in [-0.39, 0.29) is 5.76 Å². The fraction of sp³-hybridized carbons (Fsp3) is 0.333. The molecular formula is C21H21NO5S. The Balaban J connectivity index is 1.69. The summed E-state index contributed by atoms with van der Waals surface area (Å²) in [5.74, 6) is 0.453. The number of thiophene rings is 1. The van der Waals surface area contributed by atoms with Crippen molar-refractivity contribution in [1.82, 2.24) is 0 Å². The molecule has 1 atom stereocenters. The second-order valence-corrected chi connectivity index (χ2v) is 8.10. The molecule has 146 valence electrons. The number of hydrogen-bond donors (Lipinski definition) is 1. The SMILES string of the molecule is COC(=O)c1c(NC(=O)c2cc3cccc(OC)c3o2)sc2c1CCC(C)C2. The van der Waals surface area contributed by atoms with Crippen molar-refractivity contribution in [3.63, 3.8) is 0 Å². The summed E-state index contributed by atoms with van der Waals surface area (Å²) in [6.07, 6.45) is 2.74. The summed E-state index contributed by atoms with van der Waals surface area (Å²) in [6, 6.07) is 7.13. The topological polar surface area (TPSA) is 77.8 Å². The van der Waals surface area contributed by atoms with E-state index < -0.39 is 11.9 Å². The zero-order chi connectivity index (χ0) is 19.8. The first-order valence-electron chi connectivity index (χ1n) is 9.12.